The van der Waals surface area contributed by atoms with Crippen molar-refractivity contribution in [3.05, 3.63) is 33.3 Å². The lowest BCUT2D eigenvalue weighted by molar-refractivity contribution is -0.122. The quantitative estimate of drug-likeness (QED) is 0.787. The Morgan fingerprint density at radius 3 is 2.89 bits per heavy atom. The first kappa shape index (κ1) is 13.8. The Kier molecular flexibility index (Phi) is 5.03. The molecule has 0 atom stereocenters. The fourth-order valence-corrected chi connectivity index (χ4v) is 2.25. The van der Waals surface area contributed by atoms with Crippen LogP contribution in [-0.4, -0.2) is 19.0 Å². The number of rotatable bonds is 6. The summed E-state index contributed by atoms with van der Waals surface area (Å²) in [6, 6.07) is 5.72. The molecule has 3 nitrogen and oxygen atoms in total. The predicted molar refractivity (Wildman–Crippen MR) is 76.6 cm³/mol. The Morgan fingerprint density at radius 1 is 1.39 bits per heavy atom. The zero-order valence-corrected chi connectivity index (χ0v) is 12.4. The van der Waals surface area contributed by atoms with Crippen LogP contribution in [0.3, 0.4) is 0 Å². The minimum absolute atomic E-state index is 0.195. The van der Waals surface area contributed by atoms with Gasteiger partial charge in [-0.15, -0.1) is 0 Å². The van der Waals surface area contributed by atoms with E-state index in [9.17, 15) is 4.79 Å². The molecule has 0 aromatic heterocycles. The molecule has 18 heavy (non-hydrogen) atoms. The number of hydrogen-bond acceptors (Lipinski definition) is 2. The van der Waals surface area contributed by atoms with E-state index in [2.05, 4.69) is 26.6 Å². The van der Waals surface area contributed by atoms with Crippen LogP contribution in [-0.2, 0) is 11.3 Å². The Hall–Kier alpha value is -0.580. The van der Waals surface area contributed by atoms with E-state index in [4.69, 9.17) is 11.6 Å². The summed E-state index contributed by atoms with van der Waals surface area (Å²) in [5.41, 5.74) is 1.12. The van der Waals surface area contributed by atoms with Crippen LogP contribution >= 0.6 is 27.5 Å². The van der Waals surface area contributed by atoms with Crippen LogP contribution in [0.1, 0.15) is 18.4 Å². The van der Waals surface area contributed by atoms with E-state index in [1.807, 2.05) is 18.2 Å². The van der Waals surface area contributed by atoms with Gasteiger partial charge >= 0.3 is 0 Å². The molecule has 1 aliphatic carbocycles. The summed E-state index contributed by atoms with van der Waals surface area (Å²) in [6.45, 7) is 2.17. The maximum absolute atomic E-state index is 11.4. The van der Waals surface area contributed by atoms with Crippen LogP contribution < -0.4 is 10.6 Å². The molecule has 2 N–H and O–H groups in total. The van der Waals surface area contributed by atoms with Crippen molar-refractivity contribution in [3.63, 3.8) is 0 Å². The summed E-state index contributed by atoms with van der Waals surface area (Å²) in [4.78, 5) is 11.4. The van der Waals surface area contributed by atoms with Crippen LogP contribution in [0.25, 0.3) is 0 Å². The monoisotopic (exact) mass is 330 g/mol. The maximum Gasteiger partial charge on any atom is 0.223 e. The topological polar surface area (TPSA) is 41.1 Å². The molecule has 1 saturated carbocycles. The molecule has 1 aromatic rings. The third-order valence-electron chi connectivity index (χ3n) is 2.87. The second kappa shape index (κ2) is 6.55. The number of hydrogen-bond donors (Lipinski definition) is 2. The molecular formula is C13H16BrClN2O. The van der Waals surface area contributed by atoms with Crippen LogP contribution in [0.15, 0.2) is 22.7 Å². The van der Waals surface area contributed by atoms with Gasteiger partial charge in [0.05, 0.1) is 0 Å². The van der Waals surface area contributed by atoms with Crippen molar-refractivity contribution in [1.82, 2.24) is 10.6 Å². The summed E-state index contributed by atoms with van der Waals surface area (Å²) < 4.78 is 1.04. The molecule has 1 amide bonds. The number of benzene rings is 1. The van der Waals surface area contributed by atoms with E-state index in [1.165, 1.54) is 0 Å². The van der Waals surface area contributed by atoms with Crippen molar-refractivity contribution in [2.75, 3.05) is 13.1 Å². The van der Waals surface area contributed by atoms with Gasteiger partial charge in [-0.2, -0.15) is 0 Å². The molecular weight excluding hydrogens is 316 g/mol. The number of amides is 1. The molecule has 0 spiro atoms. The highest BCUT2D eigenvalue weighted by Gasteiger charge is 2.28. The standard InChI is InChI=1S/C13H16BrClN2O/c14-12-4-3-11(15)7-10(12)8-16-5-6-17-13(18)9-1-2-9/h3-4,7,9,16H,1-2,5-6,8H2,(H,17,18). The number of halogens is 2. The molecule has 0 saturated heterocycles. The first-order chi connectivity index (χ1) is 8.66. The first-order valence-electron chi connectivity index (χ1n) is 6.09. The van der Waals surface area contributed by atoms with Crippen LogP contribution in [0.2, 0.25) is 5.02 Å². The van der Waals surface area contributed by atoms with Gasteiger partial charge in [-0.3, -0.25) is 4.79 Å². The normalized spacial score (nSPS) is 14.6. The third kappa shape index (κ3) is 4.26. The van der Waals surface area contributed by atoms with E-state index in [-0.39, 0.29) is 11.8 Å². The van der Waals surface area contributed by atoms with E-state index < -0.39 is 0 Å². The lowest BCUT2D eigenvalue weighted by atomic mass is 10.2. The van der Waals surface area contributed by atoms with Gasteiger partial charge in [-0.1, -0.05) is 27.5 Å². The van der Waals surface area contributed by atoms with Gasteiger partial charge in [0.1, 0.15) is 0 Å². The average molecular weight is 332 g/mol. The average Bonchev–Trinajstić information content (AvgIpc) is 3.17. The van der Waals surface area contributed by atoms with Gasteiger partial charge < -0.3 is 10.6 Å². The Labute approximate surface area is 120 Å². The Balaban J connectivity index is 1.65. The first-order valence-corrected chi connectivity index (χ1v) is 7.26. The van der Waals surface area contributed by atoms with E-state index in [0.29, 0.717) is 6.54 Å². The Morgan fingerprint density at radius 2 is 2.17 bits per heavy atom. The third-order valence-corrected chi connectivity index (χ3v) is 3.88. The van der Waals surface area contributed by atoms with Gasteiger partial charge in [-0.25, -0.2) is 0 Å². The lowest BCUT2D eigenvalue weighted by Crippen LogP contribution is -2.32. The largest absolute Gasteiger partial charge is 0.355 e. The molecule has 1 fully saturated rings. The molecule has 5 heteroatoms. The van der Waals surface area contributed by atoms with Crippen molar-refractivity contribution in [3.8, 4) is 0 Å². The van der Waals surface area contributed by atoms with Crippen LogP contribution in [0.4, 0.5) is 0 Å². The van der Waals surface area contributed by atoms with Gasteiger partial charge in [0.15, 0.2) is 0 Å². The molecule has 0 heterocycles. The molecule has 0 radical (unpaired) electrons. The van der Waals surface area contributed by atoms with Gasteiger partial charge in [0, 0.05) is 35.0 Å². The SMILES string of the molecule is O=C(NCCNCc1cc(Cl)ccc1Br)C1CC1. The summed E-state index contributed by atoms with van der Waals surface area (Å²) in [5.74, 6) is 0.479. The molecule has 0 aliphatic heterocycles. The Bertz CT molecular complexity index is 435. The predicted octanol–water partition coefficient (Wildman–Crippen LogP) is 2.72. The highest BCUT2D eigenvalue weighted by Crippen LogP contribution is 2.28. The summed E-state index contributed by atoms with van der Waals surface area (Å²) in [7, 11) is 0. The van der Waals surface area contributed by atoms with E-state index in [0.717, 1.165) is 41.0 Å². The minimum atomic E-state index is 0.195. The molecule has 0 bridgehead atoms. The summed E-state index contributed by atoms with van der Waals surface area (Å²) >= 11 is 9.42. The van der Waals surface area contributed by atoms with Crippen LogP contribution in [0, 0.1) is 5.92 Å². The molecule has 1 aliphatic rings. The van der Waals surface area contributed by atoms with Gasteiger partial charge in [-0.05, 0) is 36.6 Å². The fraction of sp³-hybridized carbons (Fsp3) is 0.462. The molecule has 2 rings (SSSR count). The van der Waals surface area contributed by atoms with Crippen molar-refractivity contribution in [2.24, 2.45) is 5.92 Å². The van der Waals surface area contributed by atoms with Gasteiger partial charge in [0.2, 0.25) is 5.91 Å². The van der Waals surface area contributed by atoms with Crippen molar-refractivity contribution in [1.29, 1.82) is 0 Å². The molecule has 0 unspecified atom stereocenters. The maximum atomic E-state index is 11.4. The zero-order chi connectivity index (χ0) is 13.0. The smallest absolute Gasteiger partial charge is 0.223 e. The highest BCUT2D eigenvalue weighted by molar-refractivity contribution is 9.10. The number of carbonyl (C=O) groups is 1. The van der Waals surface area contributed by atoms with Crippen molar-refractivity contribution in [2.45, 2.75) is 19.4 Å². The summed E-state index contributed by atoms with van der Waals surface area (Å²) in [5, 5.41) is 6.93. The van der Waals surface area contributed by atoms with E-state index in [1.54, 1.807) is 0 Å². The summed E-state index contributed by atoms with van der Waals surface area (Å²) in [6.07, 6.45) is 2.10. The number of nitrogens with one attached hydrogen (secondary N) is 2. The lowest BCUT2D eigenvalue weighted by Gasteiger charge is -2.08. The zero-order valence-electron chi connectivity index (χ0n) is 10.0. The second-order valence-electron chi connectivity index (χ2n) is 4.48. The fourth-order valence-electron chi connectivity index (χ4n) is 1.67. The van der Waals surface area contributed by atoms with Crippen molar-refractivity contribution >= 4 is 33.4 Å². The van der Waals surface area contributed by atoms with Crippen LogP contribution in [0.5, 0.6) is 0 Å². The highest BCUT2D eigenvalue weighted by atomic mass is 79.9. The molecule has 98 valence electrons. The minimum Gasteiger partial charge on any atom is -0.355 e. The van der Waals surface area contributed by atoms with E-state index >= 15 is 0 Å². The number of carbonyl (C=O) groups excluding carboxylic acids is 1. The molecule has 1 aromatic carbocycles. The second-order valence-corrected chi connectivity index (χ2v) is 5.77. The van der Waals surface area contributed by atoms with Crippen molar-refractivity contribution < 1.29 is 4.79 Å². The van der Waals surface area contributed by atoms with Gasteiger partial charge in [0.25, 0.3) is 0 Å².